The number of rotatable bonds is 7. The second-order valence-electron chi connectivity index (χ2n) is 6.73. The summed E-state index contributed by atoms with van der Waals surface area (Å²) in [6.45, 7) is 5.18. The average Bonchev–Trinajstić information content (AvgIpc) is 3.11. The molecule has 2 heterocycles. The molecule has 140 valence electrons. The number of carbonyl (C=O) groups is 1. The summed E-state index contributed by atoms with van der Waals surface area (Å²) in [6.07, 6.45) is 4.08. The van der Waals surface area contributed by atoms with Gasteiger partial charge in [-0.15, -0.1) is 10.2 Å². The Balaban J connectivity index is 1.55. The number of carbonyl (C=O) groups excluding carboxylic acids is 1. The van der Waals surface area contributed by atoms with Gasteiger partial charge in [0, 0.05) is 23.1 Å². The number of benzene rings is 1. The highest BCUT2D eigenvalue weighted by Crippen LogP contribution is 2.22. The third-order valence-corrected chi connectivity index (χ3v) is 5.15. The molecule has 26 heavy (non-hydrogen) atoms. The van der Waals surface area contributed by atoms with Crippen molar-refractivity contribution in [1.29, 1.82) is 0 Å². The zero-order valence-electron chi connectivity index (χ0n) is 15.1. The van der Waals surface area contributed by atoms with Crippen molar-refractivity contribution >= 4 is 21.8 Å². The topological polar surface area (TPSA) is 71.3 Å². The zero-order valence-corrected chi connectivity index (χ0v) is 16.7. The lowest BCUT2D eigenvalue weighted by molar-refractivity contribution is -0.126. The van der Waals surface area contributed by atoms with Crippen molar-refractivity contribution in [1.82, 2.24) is 20.4 Å². The number of aromatic nitrogens is 2. The predicted molar refractivity (Wildman–Crippen MR) is 103 cm³/mol. The van der Waals surface area contributed by atoms with E-state index in [-0.39, 0.29) is 11.8 Å². The van der Waals surface area contributed by atoms with Crippen LogP contribution in [0.25, 0.3) is 11.5 Å². The van der Waals surface area contributed by atoms with Crippen molar-refractivity contribution in [3.05, 3.63) is 34.6 Å². The molecule has 1 atom stereocenters. The van der Waals surface area contributed by atoms with Gasteiger partial charge in [-0.3, -0.25) is 9.69 Å². The minimum absolute atomic E-state index is 0.0504. The molecule has 1 aliphatic heterocycles. The fraction of sp³-hybridized carbons (Fsp3) is 0.526. The third-order valence-electron chi connectivity index (χ3n) is 4.62. The number of nitrogens with one attached hydrogen (secondary N) is 1. The number of likely N-dealkylation sites (tertiary alicyclic amines) is 1. The van der Waals surface area contributed by atoms with Crippen LogP contribution in [0.15, 0.2) is 33.2 Å². The molecule has 1 saturated heterocycles. The van der Waals surface area contributed by atoms with Crippen LogP contribution in [-0.4, -0.2) is 40.6 Å². The van der Waals surface area contributed by atoms with Crippen LogP contribution in [0.5, 0.6) is 0 Å². The normalized spacial score (nSPS) is 18.0. The number of hydrogen-bond donors (Lipinski definition) is 1. The molecule has 0 spiro atoms. The molecule has 2 aromatic rings. The molecule has 6 nitrogen and oxygen atoms in total. The van der Waals surface area contributed by atoms with Gasteiger partial charge < -0.3 is 9.73 Å². The molecule has 1 aromatic heterocycles. The fourth-order valence-corrected chi connectivity index (χ4v) is 3.43. The van der Waals surface area contributed by atoms with Gasteiger partial charge in [0.2, 0.25) is 17.7 Å². The molecule has 1 fully saturated rings. The second kappa shape index (κ2) is 9.28. The van der Waals surface area contributed by atoms with Crippen molar-refractivity contribution < 1.29 is 9.21 Å². The first-order chi connectivity index (χ1) is 12.7. The fourth-order valence-electron chi connectivity index (χ4n) is 3.16. The highest BCUT2D eigenvalue weighted by molar-refractivity contribution is 9.10. The summed E-state index contributed by atoms with van der Waals surface area (Å²) in [5.74, 6) is 1.34. The van der Waals surface area contributed by atoms with Crippen LogP contribution < -0.4 is 5.32 Å². The van der Waals surface area contributed by atoms with Crippen LogP contribution in [0.1, 0.15) is 38.5 Å². The van der Waals surface area contributed by atoms with E-state index in [1.165, 1.54) is 0 Å². The molecule has 0 bridgehead atoms. The lowest BCUT2D eigenvalue weighted by Crippen LogP contribution is -2.42. The summed E-state index contributed by atoms with van der Waals surface area (Å²) in [5, 5.41) is 11.4. The summed E-state index contributed by atoms with van der Waals surface area (Å²) in [4.78, 5) is 14.5. The molecule has 3 rings (SSSR count). The van der Waals surface area contributed by atoms with Crippen LogP contribution in [0.2, 0.25) is 0 Å². The second-order valence-corrected chi connectivity index (χ2v) is 7.64. The number of hydrogen-bond acceptors (Lipinski definition) is 5. The molecule has 1 aromatic carbocycles. The van der Waals surface area contributed by atoms with E-state index < -0.39 is 0 Å². The Hall–Kier alpha value is -1.73. The molecule has 7 heteroatoms. The van der Waals surface area contributed by atoms with E-state index in [0.29, 0.717) is 18.3 Å². The van der Waals surface area contributed by atoms with Gasteiger partial charge in [0.05, 0.1) is 12.5 Å². The number of halogens is 1. The van der Waals surface area contributed by atoms with Gasteiger partial charge in [-0.05, 0) is 50.1 Å². The number of piperidine rings is 1. The molecule has 1 aliphatic rings. The van der Waals surface area contributed by atoms with Crippen molar-refractivity contribution in [2.24, 2.45) is 5.92 Å². The largest absolute Gasteiger partial charge is 0.419 e. The molecular weight excluding hydrogens is 396 g/mol. The van der Waals surface area contributed by atoms with E-state index in [1.54, 1.807) is 0 Å². The maximum absolute atomic E-state index is 12.3. The molecule has 0 aliphatic carbocycles. The molecule has 0 radical (unpaired) electrons. The maximum Gasteiger partial charge on any atom is 0.247 e. The van der Waals surface area contributed by atoms with Crippen molar-refractivity contribution in [2.75, 3.05) is 19.6 Å². The third kappa shape index (κ3) is 5.14. The van der Waals surface area contributed by atoms with Crippen LogP contribution in [0.4, 0.5) is 0 Å². The number of unbranched alkanes of at least 4 members (excludes halogenated alkanes) is 1. The standard InChI is InChI=1S/C19H25BrN4O2/c1-2-3-10-21-18(25)15-5-4-11-24(12-15)13-17-22-23-19(26-17)14-6-8-16(20)9-7-14/h6-9,15H,2-5,10-13H2,1H3,(H,21,25). The first kappa shape index (κ1) is 19.0. The lowest BCUT2D eigenvalue weighted by Gasteiger charge is -2.30. The molecular formula is C19H25BrN4O2. The van der Waals surface area contributed by atoms with Crippen molar-refractivity contribution in [3.63, 3.8) is 0 Å². The Morgan fingerprint density at radius 2 is 2.15 bits per heavy atom. The first-order valence-corrected chi connectivity index (χ1v) is 10.0. The Kier molecular flexibility index (Phi) is 6.80. The van der Waals surface area contributed by atoms with Crippen LogP contribution in [0, 0.1) is 5.92 Å². The zero-order chi connectivity index (χ0) is 18.4. The van der Waals surface area contributed by atoms with Gasteiger partial charge >= 0.3 is 0 Å². The Bertz CT molecular complexity index is 717. The summed E-state index contributed by atoms with van der Waals surface area (Å²) in [6, 6.07) is 7.79. The highest BCUT2D eigenvalue weighted by Gasteiger charge is 2.26. The molecule has 1 N–H and O–H groups in total. The Labute approximate surface area is 162 Å². The summed E-state index contributed by atoms with van der Waals surface area (Å²) < 4.78 is 6.82. The van der Waals surface area contributed by atoms with E-state index in [9.17, 15) is 4.79 Å². The van der Waals surface area contributed by atoms with Gasteiger partial charge in [0.1, 0.15) is 0 Å². The van der Waals surface area contributed by atoms with Crippen molar-refractivity contribution in [3.8, 4) is 11.5 Å². The van der Waals surface area contributed by atoms with Gasteiger partial charge in [0.15, 0.2) is 0 Å². The Morgan fingerprint density at radius 3 is 2.92 bits per heavy atom. The summed E-state index contributed by atoms with van der Waals surface area (Å²) >= 11 is 3.42. The monoisotopic (exact) mass is 420 g/mol. The van der Waals surface area contributed by atoms with E-state index in [1.807, 2.05) is 24.3 Å². The van der Waals surface area contributed by atoms with E-state index in [2.05, 4.69) is 43.3 Å². The van der Waals surface area contributed by atoms with E-state index in [4.69, 9.17) is 4.42 Å². The number of amides is 1. The SMILES string of the molecule is CCCCNC(=O)C1CCCN(Cc2nnc(-c3ccc(Br)cc3)o2)C1. The van der Waals surface area contributed by atoms with Gasteiger partial charge in [-0.25, -0.2) is 0 Å². The smallest absolute Gasteiger partial charge is 0.247 e. The van der Waals surface area contributed by atoms with Gasteiger partial charge in [-0.1, -0.05) is 29.3 Å². The molecule has 0 saturated carbocycles. The predicted octanol–water partition coefficient (Wildman–Crippen LogP) is 3.63. The quantitative estimate of drug-likeness (QED) is 0.692. The van der Waals surface area contributed by atoms with Crippen LogP contribution in [0.3, 0.4) is 0 Å². The van der Waals surface area contributed by atoms with Crippen LogP contribution >= 0.6 is 15.9 Å². The maximum atomic E-state index is 12.3. The van der Waals surface area contributed by atoms with E-state index >= 15 is 0 Å². The average molecular weight is 421 g/mol. The minimum Gasteiger partial charge on any atom is -0.419 e. The molecule has 1 amide bonds. The Morgan fingerprint density at radius 1 is 1.35 bits per heavy atom. The number of nitrogens with zero attached hydrogens (tertiary/aromatic N) is 3. The highest BCUT2D eigenvalue weighted by atomic mass is 79.9. The molecule has 1 unspecified atom stereocenters. The van der Waals surface area contributed by atoms with Crippen molar-refractivity contribution in [2.45, 2.75) is 39.2 Å². The van der Waals surface area contributed by atoms with Gasteiger partial charge in [-0.2, -0.15) is 0 Å². The van der Waals surface area contributed by atoms with E-state index in [0.717, 1.165) is 55.4 Å². The lowest BCUT2D eigenvalue weighted by atomic mass is 9.97. The van der Waals surface area contributed by atoms with Gasteiger partial charge in [0.25, 0.3) is 0 Å². The summed E-state index contributed by atoms with van der Waals surface area (Å²) in [7, 11) is 0. The minimum atomic E-state index is 0.0504. The van der Waals surface area contributed by atoms with Crippen LogP contribution in [-0.2, 0) is 11.3 Å². The summed E-state index contributed by atoms with van der Waals surface area (Å²) in [5.41, 5.74) is 0.902. The first-order valence-electron chi connectivity index (χ1n) is 9.24.